The summed E-state index contributed by atoms with van der Waals surface area (Å²) in [6.07, 6.45) is 32.9. The zero-order valence-corrected chi connectivity index (χ0v) is 26.9. The van der Waals surface area contributed by atoms with Crippen LogP contribution in [0.25, 0.3) is 0 Å². The van der Waals surface area contributed by atoms with Crippen molar-refractivity contribution in [3.63, 3.8) is 0 Å². The second kappa shape index (κ2) is 32.4. The Morgan fingerprint density at radius 3 is 1.10 bits per heavy atom. The SMILES string of the molecule is CCCCCCCCCCCCCCCCC(=O)O[C@@H](CO)COC(=O)CCCCCCCCCCCCCC. The molecule has 0 heterocycles. The van der Waals surface area contributed by atoms with Crippen LogP contribution < -0.4 is 0 Å². The second-order valence-corrected chi connectivity index (χ2v) is 12.0. The third-order valence-corrected chi connectivity index (χ3v) is 7.90. The molecule has 0 aliphatic carbocycles. The van der Waals surface area contributed by atoms with Crippen LogP contribution in [0.2, 0.25) is 0 Å². The molecular weight excluding hydrogens is 500 g/mol. The van der Waals surface area contributed by atoms with Crippen LogP contribution in [0, 0.1) is 0 Å². The lowest BCUT2D eigenvalue weighted by atomic mass is 10.0. The molecule has 0 bridgehead atoms. The number of aliphatic hydroxyl groups excluding tert-OH is 1. The standard InChI is InChI=1S/C35H68O5/c1-3-5-7-9-11-13-15-17-18-20-22-24-26-28-30-35(38)40-33(31-36)32-39-34(37)29-27-25-23-21-19-16-14-12-10-8-6-4-2/h33,36H,3-32H2,1-2H3/t33-/m0/s1. The summed E-state index contributed by atoms with van der Waals surface area (Å²) < 4.78 is 10.6. The Kier molecular flexibility index (Phi) is 31.5. The van der Waals surface area contributed by atoms with Crippen molar-refractivity contribution in [1.82, 2.24) is 0 Å². The van der Waals surface area contributed by atoms with E-state index in [4.69, 9.17) is 9.47 Å². The molecular formula is C35H68O5. The van der Waals surface area contributed by atoms with Gasteiger partial charge in [-0.2, -0.15) is 0 Å². The molecule has 0 saturated heterocycles. The summed E-state index contributed by atoms with van der Waals surface area (Å²) in [5, 5.41) is 9.50. The number of aliphatic hydroxyl groups is 1. The van der Waals surface area contributed by atoms with E-state index in [9.17, 15) is 14.7 Å². The normalized spacial score (nSPS) is 12.0. The van der Waals surface area contributed by atoms with E-state index in [1.54, 1.807) is 0 Å². The largest absolute Gasteiger partial charge is 0.462 e. The molecule has 0 spiro atoms. The van der Waals surface area contributed by atoms with Gasteiger partial charge in [0.05, 0.1) is 6.61 Å². The molecule has 0 unspecified atom stereocenters. The van der Waals surface area contributed by atoms with Crippen molar-refractivity contribution in [3.8, 4) is 0 Å². The molecule has 1 atom stereocenters. The monoisotopic (exact) mass is 569 g/mol. The van der Waals surface area contributed by atoms with Crippen LogP contribution in [0.15, 0.2) is 0 Å². The van der Waals surface area contributed by atoms with Gasteiger partial charge in [-0.05, 0) is 12.8 Å². The Morgan fingerprint density at radius 2 is 0.775 bits per heavy atom. The van der Waals surface area contributed by atoms with Crippen molar-refractivity contribution in [2.24, 2.45) is 0 Å². The first kappa shape index (κ1) is 38.9. The van der Waals surface area contributed by atoms with Crippen LogP contribution in [0.5, 0.6) is 0 Å². The molecule has 0 radical (unpaired) electrons. The molecule has 0 amide bonds. The van der Waals surface area contributed by atoms with Gasteiger partial charge in [0.2, 0.25) is 0 Å². The lowest BCUT2D eigenvalue weighted by Crippen LogP contribution is -2.28. The molecule has 1 N–H and O–H groups in total. The van der Waals surface area contributed by atoms with Gasteiger partial charge in [-0.1, -0.05) is 168 Å². The maximum Gasteiger partial charge on any atom is 0.306 e. The highest BCUT2D eigenvalue weighted by Gasteiger charge is 2.16. The van der Waals surface area contributed by atoms with Gasteiger partial charge in [-0.25, -0.2) is 0 Å². The highest BCUT2D eigenvalue weighted by molar-refractivity contribution is 5.70. The highest BCUT2D eigenvalue weighted by Crippen LogP contribution is 2.15. The minimum absolute atomic E-state index is 0.0575. The van der Waals surface area contributed by atoms with E-state index in [0.717, 1.165) is 32.1 Å². The summed E-state index contributed by atoms with van der Waals surface area (Å²) in [7, 11) is 0. The van der Waals surface area contributed by atoms with Crippen LogP contribution in [-0.2, 0) is 19.1 Å². The summed E-state index contributed by atoms with van der Waals surface area (Å²) in [4.78, 5) is 24.1. The zero-order chi connectivity index (χ0) is 29.4. The lowest BCUT2D eigenvalue weighted by Gasteiger charge is -2.15. The Labute approximate surface area is 248 Å². The van der Waals surface area contributed by atoms with Gasteiger partial charge in [0, 0.05) is 12.8 Å². The Morgan fingerprint density at radius 1 is 0.475 bits per heavy atom. The third-order valence-electron chi connectivity index (χ3n) is 7.90. The number of hydrogen-bond acceptors (Lipinski definition) is 5. The second-order valence-electron chi connectivity index (χ2n) is 12.0. The topological polar surface area (TPSA) is 72.8 Å². The average molecular weight is 569 g/mol. The van der Waals surface area contributed by atoms with Crippen molar-refractivity contribution in [2.45, 2.75) is 200 Å². The molecule has 5 heteroatoms. The van der Waals surface area contributed by atoms with Crippen molar-refractivity contribution in [1.29, 1.82) is 0 Å². The average Bonchev–Trinajstić information content (AvgIpc) is 2.96. The van der Waals surface area contributed by atoms with Crippen LogP contribution in [0.3, 0.4) is 0 Å². The smallest absolute Gasteiger partial charge is 0.306 e. The Hall–Kier alpha value is -1.10. The van der Waals surface area contributed by atoms with Crippen LogP contribution >= 0.6 is 0 Å². The fourth-order valence-electron chi connectivity index (χ4n) is 5.20. The van der Waals surface area contributed by atoms with E-state index in [2.05, 4.69) is 13.8 Å². The van der Waals surface area contributed by atoms with Crippen molar-refractivity contribution < 1.29 is 24.2 Å². The minimum Gasteiger partial charge on any atom is -0.462 e. The molecule has 0 saturated carbocycles. The van der Waals surface area contributed by atoms with E-state index < -0.39 is 6.10 Å². The summed E-state index contributed by atoms with van der Waals surface area (Å²) in [6.45, 7) is 4.14. The maximum atomic E-state index is 12.1. The molecule has 0 fully saturated rings. The first-order valence-electron chi connectivity index (χ1n) is 17.6. The molecule has 0 aromatic rings. The molecule has 0 aliphatic heterocycles. The molecule has 238 valence electrons. The van der Waals surface area contributed by atoms with Gasteiger partial charge >= 0.3 is 11.9 Å². The van der Waals surface area contributed by atoms with Gasteiger partial charge in [0.25, 0.3) is 0 Å². The van der Waals surface area contributed by atoms with E-state index >= 15 is 0 Å². The molecule has 0 aliphatic rings. The third kappa shape index (κ3) is 29.9. The molecule has 5 nitrogen and oxygen atoms in total. The van der Waals surface area contributed by atoms with Gasteiger partial charge in [0.1, 0.15) is 6.61 Å². The summed E-state index contributed by atoms with van der Waals surface area (Å²) >= 11 is 0. The quantitative estimate of drug-likeness (QED) is 0.0645. The van der Waals surface area contributed by atoms with Gasteiger partial charge < -0.3 is 14.6 Å². The van der Waals surface area contributed by atoms with E-state index in [1.165, 1.54) is 135 Å². The fourth-order valence-corrected chi connectivity index (χ4v) is 5.20. The highest BCUT2D eigenvalue weighted by atomic mass is 16.6. The van der Waals surface area contributed by atoms with Crippen molar-refractivity contribution >= 4 is 11.9 Å². The number of carbonyl (C=O) groups is 2. The summed E-state index contributed by atoms with van der Waals surface area (Å²) in [6, 6.07) is 0. The van der Waals surface area contributed by atoms with E-state index in [0.29, 0.717) is 12.8 Å². The Balaban J connectivity index is 3.52. The fraction of sp³-hybridized carbons (Fsp3) is 0.943. The van der Waals surface area contributed by atoms with Crippen LogP contribution in [0.1, 0.15) is 194 Å². The number of ether oxygens (including phenoxy) is 2. The molecule has 0 aromatic carbocycles. The number of esters is 2. The number of carbonyl (C=O) groups excluding carboxylic acids is 2. The molecule has 0 aromatic heterocycles. The van der Waals surface area contributed by atoms with Crippen molar-refractivity contribution in [3.05, 3.63) is 0 Å². The lowest BCUT2D eigenvalue weighted by molar-refractivity contribution is -0.161. The predicted molar refractivity (Wildman–Crippen MR) is 169 cm³/mol. The zero-order valence-electron chi connectivity index (χ0n) is 26.9. The number of rotatable bonds is 32. The maximum absolute atomic E-state index is 12.1. The first-order valence-corrected chi connectivity index (χ1v) is 17.6. The van der Waals surface area contributed by atoms with Crippen LogP contribution in [-0.4, -0.2) is 36.4 Å². The van der Waals surface area contributed by atoms with E-state index in [1.807, 2.05) is 0 Å². The minimum atomic E-state index is -0.759. The summed E-state index contributed by atoms with van der Waals surface area (Å²) in [5.74, 6) is -0.580. The molecule has 40 heavy (non-hydrogen) atoms. The van der Waals surface area contributed by atoms with E-state index in [-0.39, 0.29) is 25.2 Å². The van der Waals surface area contributed by atoms with Gasteiger partial charge in [-0.3, -0.25) is 9.59 Å². The van der Waals surface area contributed by atoms with Crippen LogP contribution in [0.4, 0.5) is 0 Å². The Bertz CT molecular complexity index is 536. The summed E-state index contributed by atoms with van der Waals surface area (Å²) in [5.41, 5.74) is 0. The predicted octanol–water partition coefficient (Wildman–Crippen LogP) is 10.4. The molecule has 0 rings (SSSR count). The van der Waals surface area contributed by atoms with Gasteiger partial charge in [-0.15, -0.1) is 0 Å². The van der Waals surface area contributed by atoms with Gasteiger partial charge in [0.15, 0.2) is 6.10 Å². The number of hydrogen-bond donors (Lipinski definition) is 1. The first-order chi connectivity index (χ1) is 19.6. The van der Waals surface area contributed by atoms with Crippen molar-refractivity contribution in [2.75, 3.05) is 13.2 Å². The number of unbranched alkanes of at least 4 members (excludes halogenated alkanes) is 24.